The lowest BCUT2D eigenvalue weighted by Gasteiger charge is -2.51. The number of nitrogens with zero attached hydrogens (tertiary/aromatic N) is 3. The number of benzene rings is 2. The predicted octanol–water partition coefficient (Wildman–Crippen LogP) is 4.30. The van der Waals surface area contributed by atoms with Crippen molar-refractivity contribution in [3.8, 4) is 5.75 Å². The van der Waals surface area contributed by atoms with Gasteiger partial charge < -0.3 is 10.0 Å². The van der Waals surface area contributed by atoms with E-state index in [1.54, 1.807) is 21.8 Å². The number of hydrogen-bond donors (Lipinski definition) is 1. The van der Waals surface area contributed by atoms with Gasteiger partial charge in [-0.05, 0) is 59.9 Å². The van der Waals surface area contributed by atoms with E-state index < -0.39 is 16.7 Å². The molecule has 6 nitrogen and oxygen atoms in total. The zero-order valence-corrected chi connectivity index (χ0v) is 20.7. The summed E-state index contributed by atoms with van der Waals surface area (Å²) >= 11 is 0. The van der Waals surface area contributed by atoms with Crippen molar-refractivity contribution in [2.75, 3.05) is 18.2 Å². The van der Waals surface area contributed by atoms with Gasteiger partial charge in [-0.2, -0.15) is 0 Å². The molecule has 190 valence electrons. The third-order valence-corrected chi connectivity index (χ3v) is 9.18. The fraction of sp³-hybridized carbons (Fsp3) is 0.400. The molecule has 1 saturated carbocycles. The van der Waals surface area contributed by atoms with Crippen molar-refractivity contribution < 1.29 is 14.3 Å². The number of rotatable bonds is 3. The largest absolute Gasteiger partial charge is 0.502 e. The molecule has 4 aliphatic rings. The number of hydrogen-bond acceptors (Lipinski definition) is 4. The van der Waals surface area contributed by atoms with Crippen molar-refractivity contribution in [1.82, 2.24) is 9.58 Å². The first kappa shape index (κ1) is 22.6. The van der Waals surface area contributed by atoms with Crippen molar-refractivity contribution in [3.05, 3.63) is 98.7 Å². The third-order valence-electron chi connectivity index (χ3n) is 9.18. The van der Waals surface area contributed by atoms with Crippen molar-refractivity contribution in [3.63, 3.8) is 0 Å². The molecule has 1 N–H and O–H groups in total. The smallest absolute Gasteiger partial charge is 0.277 e. The molecule has 0 saturated heterocycles. The van der Waals surface area contributed by atoms with Crippen LogP contribution in [0.25, 0.3) is 0 Å². The van der Waals surface area contributed by atoms with Gasteiger partial charge in [0.25, 0.3) is 5.91 Å². The molecular weight excluding hydrogens is 469 g/mol. The molecule has 1 fully saturated rings. The van der Waals surface area contributed by atoms with Gasteiger partial charge in [-0.1, -0.05) is 55.7 Å². The molecule has 2 aromatic carbocycles. The van der Waals surface area contributed by atoms with Crippen LogP contribution in [0.15, 0.2) is 59.5 Å². The number of aromatic hydroxyl groups is 1. The maximum Gasteiger partial charge on any atom is 0.277 e. The summed E-state index contributed by atoms with van der Waals surface area (Å²) in [6.07, 6.45) is 8.65. The van der Waals surface area contributed by atoms with Crippen LogP contribution in [0, 0.1) is 17.7 Å². The molecule has 1 aromatic heterocycles. The average Bonchev–Trinajstić information content (AvgIpc) is 3.41. The predicted molar refractivity (Wildman–Crippen MR) is 138 cm³/mol. The molecule has 2 heterocycles. The van der Waals surface area contributed by atoms with Gasteiger partial charge in [-0.15, -0.1) is 0 Å². The van der Waals surface area contributed by atoms with Crippen LogP contribution in [0.5, 0.6) is 5.75 Å². The van der Waals surface area contributed by atoms with E-state index in [1.807, 2.05) is 18.2 Å². The van der Waals surface area contributed by atoms with E-state index in [-0.39, 0.29) is 23.3 Å². The summed E-state index contributed by atoms with van der Waals surface area (Å²) in [6.45, 7) is 0.877. The summed E-state index contributed by atoms with van der Waals surface area (Å²) in [5, 5.41) is 13.0. The Morgan fingerprint density at radius 1 is 0.946 bits per heavy atom. The zero-order chi connectivity index (χ0) is 25.3. The van der Waals surface area contributed by atoms with Crippen LogP contribution in [0.4, 0.5) is 4.39 Å². The molecule has 2 atom stereocenters. The molecule has 0 spiro atoms. The Morgan fingerprint density at radius 2 is 1.73 bits per heavy atom. The third kappa shape index (κ3) is 3.09. The highest BCUT2D eigenvalue weighted by Crippen LogP contribution is 2.57. The van der Waals surface area contributed by atoms with Gasteiger partial charge in [-0.3, -0.25) is 19.3 Å². The number of aromatic nitrogens is 1. The van der Waals surface area contributed by atoms with Crippen LogP contribution < -0.4 is 10.4 Å². The van der Waals surface area contributed by atoms with Crippen LogP contribution in [-0.2, 0) is 18.4 Å². The first-order chi connectivity index (χ1) is 18.0. The average molecular weight is 500 g/mol. The van der Waals surface area contributed by atoms with Crippen molar-refractivity contribution >= 4 is 5.91 Å². The summed E-state index contributed by atoms with van der Waals surface area (Å²) in [5.41, 5.74) is 2.62. The normalized spacial score (nSPS) is 24.6. The van der Waals surface area contributed by atoms with Crippen molar-refractivity contribution in [2.24, 2.45) is 11.8 Å². The van der Waals surface area contributed by atoms with E-state index in [1.165, 1.54) is 24.1 Å². The van der Waals surface area contributed by atoms with Gasteiger partial charge in [0.15, 0.2) is 11.4 Å². The summed E-state index contributed by atoms with van der Waals surface area (Å²) in [6, 6.07) is 14.9. The molecule has 3 aliphatic carbocycles. The highest BCUT2D eigenvalue weighted by molar-refractivity contribution is 5.96. The van der Waals surface area contributed by atoms with Gasteiger partial charge >= 0.3 is 0 Å². The van der Waals surface area contributed by atoms with Gasteiger partial charge in [-0.25, -0.2) is 4.39 Å². The molecule has 3 aromatic rings. The maximum atomic E-state index is 15.2. The van der Waals surface area contributed by atoms with E-state index in [2.05, 4.69) is 17.1 Å². The lowest BCUT2D eigenvalue weighted by atomic mass is 9.81. The highest BCUT2D eigenvalue weighted by atomic mass is 19.1. The first-order valence-corrected chi connectivity index (χ1v) is 13.4. The lowest BCUT2D eigenvalue weighted by molar-refractivity contribution is 0.0596. The van der Waals surface area contributed by atoms with Crippen molar-refractivity contribution in [1.29, 1.82) is 0 Å². The molecule has 7 heteroatoms. The van der Waals surface area contributed by atoms with Crippen LogP contribution in [0.2, 0.25) is 0 Å². The summed E-state index contributed by atoms with van der Waals surface area (Å²) in [4.78, 5) is 28.1. The SMILES string of the molecule is O=C1c2c(O)c(=O)ccn2N(C23c4ccccc4CC2Cc2c(F)cccc23)CN1CC1CCCCC1. The number of pyridine rings is 1. The number of halogens is 1. The Hall–Kier alpha value is -3.61. The van der Waals surface area contributed by atoms with Gasteiger partial charge in [0.1, 0.15) is 18.0 Å². The summed E-state index contributed by atoms with van der Waals surface area (Å²) < 4.78 is 16.9. The van der Waals surface area contributed by atoms with Crippen molar-refractivity contribution in [2.45, 2.75) is 50.5 Å². The molecule has 1 aliphatic heterocycles. The molecule has 7 rings (SSSR count). The van der Waals surface area contributed by atoms with Crippen LogP contribution in [0.1, 0.15) is 64.8 Å². The first-order valence-electron chi connectivity index (χ1n) is 13.4. The fourth-order valence-electron chi connectivity index (χ4n) is 7.61. The van der Waals surface area contributed by atoms with E-state index >= 15 is 4.39 Å². The number of fused-ring (bicyclic) bond motifs is 6. The number of carbonyl (C=O) groups is 1. The Balaban J connectivity index is 1.46. The minimum absolute atomic E-state index is 0.00285. The lowest BCUT2D eigenvalue weighted by Crippen LogP contribution is -2.63. The Kier molecular flexibility index (Phi) is 5.00. The summed E-state index contributed by atoms with van der Waals surface area (Å²) in [7, 11) is 0. The second-order valence-corrected chi connectivity index (χ2v) is 11.1. The van der Waals surface area contributed by atoms with E-state index in [0.717, 1.165) is 43.2 Å². The topological polar surface area (TPSA) is 65.8 Å². The second-order valence-electron chi connectivity index (χ2n) is 11.1. The minimum atomic E-state index is -0.726. The fourth-order valence-corrected chi connectivity index (χ4v) is 7.61. The molecular formula is C30H30FN3O3. The highest BCUT2D eigenvalue weighted by Gasteiger charge is 2.59. The van der Waals surface area contributed by atoms with E-state index in [0.29, 0.717) is 31.1 Å². The van der Waals surface area contributed by atoms with Crippen LogP contribution in [0.3, 0.4) is 0 Å². The molecule has 37 heavy (non-hydrogen) atoms. The Morgan fingerprint density at radius 3 is 2.57 bits per heavy atom. The standard InChI is InChI=1S/C30H30FN3O3/c31-25-12-6-11-24-22(25)16-21-15-20-9-4-5-10-23(20)30(21,24)34-18-32(17-19-7-2-1-3-8-19)29(37)27-28(36)26(35)13-14-33(27)34/h4-6,9-14,19,21,36H,1-3,7-8,15-18H2. The Bertz CT molecular complexity index is 1480. The molecule has 2 unspecified atom stereocenters. The second kappa shape index (κ2) is 8.20. The van der Waals surface area contributed by atoms with Crippen LogP contribution >= 0.6 is 0 Å². The molecule has 1 amide bonds. The summed E-state index contributed by atoms with van der Waals surface area (Å²) in [5.74, 6) is -0.618. The van der Waals surface area contributed by atoms with Gasteiger partial charge in [0.2, 0.25) is 5.43 Å². The van der Waals surface area contributed by atoms with Crippen LogP contribution in [-0.4, -0.2) is 33.8 Å². The van der Waals surface area contributed by atoms with E-state index in [4.69, 9.17) is 0 Å². The quantitative estimate of drug-likeness (QED) is 0.584. The Labute approximate surface area is 214 Å². The molecule has 0 bridgehead atoms. The number of amides is 1. The van der Waals surface area contributed by atoms with Gasteiger partial charge in [0, 0.05) is 24.7 Å². The minimum Gasteiger partial charge on any atom is -0.502 e. The van der Waals surface area contributed by atoms with E-state index in [9.17, 15) is 14.7 Å². The molecule has 0 radical (unpaired) electrons. The number of carbonyl (C=O) groups excluding carboxylic acids is 1. The maximum absolute atomic E-state index is 15.2. The van der Waals surface area contributed by atoms with Gasteiger partial charge in [0.05, 0.1) is 0 Å². The zero-order valence-electron chi connectivity index (χ0n) is 20.7. The monoisotopic (exact) mass is 499 g/mol.